The third-order valence-corrected chi connectivity index (χ3v) is 5.80. The summed E-state index contributed by atoms with van der Waals surface area (Å²) in [4.78, 5) is 22.9. The molecule has 0 aliphatic carbocycles. The Bertz CT molecular complexity index is 989. The van der Waals surface area contributed by atoms with Gasteiger partial charge in [-0.1, -0.05) is 17.7 Å². The molecule has 0 saturated heterocycles. The van der Waals surface area contributed by atoms with Crippen LogP contribution in [0.25, 0.3) is 0 Å². The van der Waals surface area contributed by atoms with Gasteiger partial charge in [-0.25, -0.2) is 12.7 Å². The Morgan fingerprint density at radius 1 is 1.19 bits per heavy atom. The van der Waals surface area contributed by atoms with Crippen molar-refractivity contribution in [3.8, 4) is 0 Å². The number of hydrogen-bond donors (Lipinski definition) is 1. The van der Waals surface area contributed by atoms with Gasteiger partial charge in [0.2, 0.25) is 10.0 Å². The first-order chi connectivity index (χ1) is 12.0. The normalized spacial score (nSPS) is 11.4. The Balaban J connectivity index is 2.43. The van der Waals surface area contributed by atoms with Gasteiger partial charge in [-0.05, 0) is 36.8 Å². The number of aryl methyl sites for hydroxylation is 1. The Morgan fingerprint density at radius 2 is 1.85 bits per heavy atom. The van der Waals surface area contributed by atoms with Crippen molar-refractivity contribution >= 4 is 38.9 Å². The minimum atomic E-state index is -3.71. The van der Waals surface area contributed by atoms with Crippen molar-refractivity contribution in [1.29, 1.82) is 0 Å². The third kappa shape index (κ3) is 4.01. The van der Waals surface area contributed by atoms with Crippen molar-refractivity contribution in [2.75, 3.05) is 19.4 Å². The molecule has 0 bridgehead atoms. The molecule has 0 atom stereocenters. The second-order valence-corrected chi connectivity index (χ2v) is 8.20. The molecule has 1 N–H and O–H groups in total. The van der Waals surface area contributed by atoms with Gasteiger partial charge in [0.15, 0.2) is 0 Å². The maximum absolute atomic E-state index is 12.4. The van der Waals surface area contributed by atoms with Crippen molar-refractivity contribution in [2.24, 2.45) is 0 Å². The van der Waals surface area contributed by atoms with Gasteiger partial charge in [0, 0.05) is 30.9 Å². The SMILES string of the molecule is Cc1ccc(NC(=O)c2cc(Cl)ccc2[N+](=O)[O-])cc1S(=O)(=O)N(C)C. The van der Waals surface area contributed by atoms with Gasteiger partial charge in [-0.2, -0.15) is 0 Å². The van der Waals surface area contributed by atoms with E-state index < -0.39 is 26.5 Å². The Kier molecular flexibility index (Phi) is 5.65. The predicted octanol–water partition coefficient (Wildman–Crippen LogP) is 3.06. The number of hydrogen-bond acceptors (Lipinski definition) is 5. The van der Waals surface area contributed by atoms with Gasteiger partial charge in [0.1, 0.15) is 5.56 Å². The van der Waals surface area contributed by atoms with E-state index in [4.69, 9.17) is 11.6 Å². The lowest BCUT2D eigenvalue weighted by atomic mass is 10.1. The fourth-order valence-corrected chi connectivity index (χ4v) is 3.52. The molecular formula is C16H16ClN3O5S. The van der Waals surface area contributed by atoms with E-state index >= 15 is 0 Å². The Hall–Kier alpha value is -2.49. The van der Waals surface area contributed by atoms with Crippen LogP contribution in [0.5, 0.6) is 0 Å². The molecule has 2 aromatic rings. The lowest BCUT2D eigenvalue weighted by Crippen LogP contribution is -2.23. The van der Waals surface area contributed by atoms with Crippen molar-refractivity contribution in [2.45, 2.75) is 11.8 Å². The molecule has 0 aliphatic heterocycles. The number of nitrogens with one attached hydrogen (secondary N) is 1. The lowest BCUT2D eigenvalue weighted by Gasteiger charge is -2.15. The molecule has 0 heterocycles. The topological polar surface area (TPSA) is 110 Å². The minimum Gasteiger partial charge on any atom is -0.322 e. The largest absolute Gasteiger partial charge is 0.322 e. The molecule has 0 spiro atoms. The molecular weight excluding hydrogens is 382 g/mol. The highest BCUT2D eigenvalue weighted by Crippen LogP contribution is 2.26. The third-order valence-electron chi connectivity index (χ3n) is 3.60. The van der Waals surface area contributed by atoms with E-state index in [0.29, 0.717) is 5.56 Å². The molecule has 10 heteroatoms. The van der Waals surface area contributed by atoms with Crippen molar-refractivity contribution in [3.63, 3.8) is 0 Å². The predicted molar refractivity (Wildman–Crippen MR) is 98.1 cm³/mol. The smallest absolute Gasteiger partial charge is 0.282 e. The molecule has 0 aliphatic rings. The van der Waals surface area contributed by atoms with E-state index in [9.17, 15) is 23.3 Å². The van der Waals surface area contributed by atoms with E-state index in [2.05, 4.69) is 5.32 Å². The maximum atomic E-state index is 12.4. The van der Waals surface area contributed by atoms with Crippen LogP contribution >= 0.6 is 11.6 Å². The van der Waals surface area contributed by atoms with Crippen LogP contribution in [0.3, 0.4) is 0 Å². The summed E-state index contributed by atoms with van der Waals surface area (Å²) >= 11 is 5.82. The zero-order valence-corrected chi connectivity index (χ0v) is 15.8. The number of amides is 1. The standard InChI is InChI=1S/C16H16ClN3O5S/c1-10-4-6-12(9-15(10)26(24,25)19(2)3)18-16(21)13-8-11(17)5-7-14(13)20(22)23/h4-9H,1-3H3,(H,18,21). The van der Waals surface area contributed by atoms with Gasteiger partial charge >= 0.3 is 0 Å². The van der Waals surface area contributed by atoms with Crippen LogP contribution in [0.4, 0.5) is 11.4 Å². The quantitative estimate of drug-likeness (QED) is 0.615. The van der Waals surface area contributed by atoms with Crippen molar-refractivity contribution < 1.29 is 18.1 Å². The summed E-state index contributed by atoms with van der Waals surface area (Å²) in [7, 11) is -0.910. The first kappa shape index (κ1) is 19.8. The number of carbonyl (C=O) groups is 1. The molecule has 138 valence electrons. The molecule has 0 unspecified atom stereocenters. The fraction of sp³-hybridized carbons (Fsp3) is 0.188. The van der Waals surface area contributed by atoms with Crippen LogP contribution < -0.4 is 5.32 Å². The zero-order valence-electron chi connectivity index (χ0n) is 14.2. The van der Waals surface area contributed by atoms with Crippen LogP contribution in [0.15, 0.2) is 41.3 Å². The van der Waals surface area contributed by atoms with Crippen LogP contribution in [0.2, 0.25) is 5.02 Å². The monoisotopic (exact) mass is 397 g/mol. The van der Waals surface area contributed by atoms with Gasteiger partial charge in [0.25, 0.3) is 11.6 Å². The fourth-order valence-electron chi connectivity index (χ4n) is 2.20. The van der Waals surface area contributed by atoms with Crippen LogP contribution in [0.1, 0.15) is 15.9 Å². The van der Waals surface area contributed by atoms with E-state index in [1.807, 2.05) is 0 Å². The summed E-state index contributed by atoms with van der Waals surface area (Å²) in [6, 6.07) is 7.98. The molecule has 1 amide bonds. The molecule has 0 fully saturated rings. The maximum Gasteiger partial charge on any atom is 0.282 e. The first-order valence-corrected chi connectivity index (χ1v) is 9.14. The second kappa shape index (κ2) is 7.40. The molecule has 8 nitrogen and oxygen atoms in total. The van der Waals surface area contributed by atoms with E-state index in [0.717, 1.165) is 10.4 Å². The summed E-state index contributed by atoms with van der Waals surface area (Å²) in [6.45, 7) is 1.63. The van der Waals surface area contributed by atoms with E-state index in [-0.39, 0.29) is 21.2 Å². The van der Waals surface area contributed by atoms with Crippen molar-refractivity contribution in [3.05, 3.63) is 62.7 Å². The number of halogens is 1. The Morgan fingerprint density at radius 3 is 2.42 bits per heavy atom. The van der Waals surface area contributed by atoms with Crippen LogP contribution in [-0.2, 0) is 10.0 Å². The average Bonchev–Trinajstić information content (AvgIpc) is 2.55. The van der Waals surface area contributed by atoms with Gasteiger partial charge in [-0.15, -0.1) is 0 Å². The van der Waals surface area contributed by atoms with Crippen LogP contribution in [0, 0.1) is 17.0 Å². The van der Waals surface area contributed by atoms with E-state index in [1.54, 1.807) is 13.0 Å². The average molecular weight is 398 g/mol. The van der Waals surface area contributed by atoms with Crippen LogP contribution in [-0.4, -0.2) is 37.6 Å². The molecule has 0 aromatic heterocycles. The number of nitro benzene ring substituents is 1. The molecule has 26 heavy (non-hydrogen) atoms. The number of carbonyl (C=O) groups excluding carboxylic acids is 1. The first-order valence-electron chi connectivity index (χ1n) is 7.32. The highest BCUT2D eigenvalue weighted by Gasteiger charge is 2.23. The zero-order chi connectivity index (χ0) is 19.6. The summed E-state index contributed by atoms with van der Waals surface area (Å²) in [5.74, 6) is -0.767. The van der Waals surface area contributed by atoms with Gasteiger partial charge in [-0.3, -0.25) is 14.9 Å². The molecule has 0 radical (unpaired) electrons. The number of nitrogens with zero attached hydrogens (tertiary/aromatic N) is 2. The molecule has 2 aromatic carbocycles. The number of rotatable bonds is 5. The van der Waals surface area contributed by atoms with E-state index in [1.165, 1.54) is 38.4 Å². The lowest BCUT2D eigenvalue weighted by molar-refractivity contribution is -0.385. The Labute approximate surface area is 155 Å². The summed E-state index contributed by atoms with van der Waals surface area (Å²) in [5, 5.41) is 13.7. The number of benzene rings is 2. The molecule has 2 rings (SSSR count). The van der Waals surface area contributed by atoms with Crippen molar-refractivity contribution in [1.82, 2.24) is 4.31 Å². The number of anilines is 1. The summed E-state index contributed by atoms with van der Waals surface area (Å²) in [5.41, 5.74) is 0.0703. The van der Waals surface area contributed by atoms with Gasteiger partial charge in [0.05, 0.1) is 9.82 Å². The molecule has 0 saturated carbocycles. The minimum absolute atomic E-state index is 0.0286. The highest BCUT2D eigenvalue weighted by atomic mass is 35.5. The van der Waals surface area contributed by atoms with Gasteiger partial charge < -0.3 is 5.32 Å². The number of sulfonamides is 1. The second-order valence-electron chi connectivity index (χ2n) is 5.64. The summed E-state index contributed by atoms with van der Waals surface area (Å²) in [6.07, 6.45) is 0. The highest BCUT2D eigenvalue weighted by molar-refractivity contribution is 7.89. The summed E-state index contributed by atoms with van der Waals surface area (Å²) < 4.78 is 25.8. The number of nitro groups is 1.